The maximum absolute atomic E-state index is 13.5. The Bertz CT molecular complexity index is 1810. The van der Waals surface area contributed by atoms with Gasteiger partial charge in [-0.15, -0.1) is 0 Å². The highest BCUT2D eigenvalue weighted by Crippen LogP contribution is 2.25. The summed E-state index contributed by atoms with van der Waals surface area (Å²) in [6.45, 7) is -1.83. The van der Waals surface area contributed by atoms with Gasteiger partial charge in [-0.05, 0) is 29.8 Å². The van der Waals surface area contributed by atoms with Crippen LogP contribution in [-0.4, -0.2) is 99.9 Å². The van der Waals surface area contributed by atoms with Gasteiger partial charge in [0.25, 0.3) is 11.8 Å². The van der Waals surface area contributed by atoms with Crippen LogP contribution in [0.4, 0.5) is 0 Å². The van der Waals surface area contributed by atoms with E-state index in [1.165, 1.54) is 17.7 Å². The SMILES string of the molecule is Cn1c(C(=O)NCC(=O)N[C@H]2CNC(=O)[C@@H](Cc3c[nH]c4ccc(Br)cc34)NC(=O)[C@@H](O)CNC(=O)[C@@H](CC(N)=O)NC2=O)cc(Cl)c1Cl. The van der Waals surface area contributed by atoms with Crippen molar-refractivity contribution in [2.75, 3.05) is 19.6 Å². The molecule has 1 saturated heterocycles. The monoisotopic (exact) mass is 783 g/mol. The lowest BCUT2D eigenvalue weighted by Gasteiger charge is -2.26. The summed E-state index contributed by atoms with van der Waals surface area (Å²) in [5, 5.41) is 25.7. The molecule has 17 nitrogen and oxygen atoms in total. The van der Waals surface area contributed by atoms with Crippen molar-refractivity contribution in [3.8, 4) is 0 Å². The van der Waals surface area contributed by atoms with E-state index in [4.69, 9.17) is 28.9 Å². The van der Waals surface area contributed by atoms with Crippen molar-refractivity contribution in [1.82, 2.24) is 41.5 Å². The zero-order valence-electron chi connectivity index (χ0n) is 25.7. The van der Waals surface area contributed by atoms with E-state index in [0.29, 0.717) is 5.56 Å². The third kappa shape index (κ3) is 9.50. The van der Waals surface area contributed by atoms with Gasteiger partial charge in [0.1, 0.15) is 35.1 Å². The van der Waals surface area contributed by atoms with Gasteiger partial charge in [-0.1, -0.05) is 39.1 Å². The van der Waals surface area contributed by atoms with Crippen molar-refractivity contribution < 1.29 is 38.7 Å². The number of benzene rings is 1. The van der Waals surface area contributed by atoms with Gasteiger partial charge >= 0.3 is 0 Å². The number of β-amino-alcohol motifs (C(OH)–C–C–N with tert-alkyl or cyclic N) is 1. The van der Waals surface area contributed by atoms with E-state index in [0.717, 1.165) is 15.4 Å². The topological polar surface area (TPSA) is 259 Å². The first-order chi connectivity index (χ1) is 23.1. The molecule has 4 atom stereocenters. The predicted molar refractivity (Wildman–Crippen MR) is 179 cm³/mol. The molecule has 4 rings (SSSR count). The summed E-state index contributed by atoms with van der Waals surface area (Å²) in [5.74, 6) is -6.28. The fourth-order valence-electron chi connectivity index (χ4n) is 4.90. The Balaban J connectivity index is 1.56. The van der Waals surface area contributed by atoms with Crippen molar-refractivity contribution in [3.05, 3.63) is 56.4 Å². The molecular formula is C29H32BrCl2N9O8. The maximum Gasteiger partial charge on any atom is 0.268 e. The largest absolute Gasteiger partial charge is 0.381 e. The lowest BCUT2D eigenvalue weighted by atomic mass is 10.0. The number of aliphatic hydroxyl groups excluding tert-OH is 1. The number of H-pyrrole nitrogens is 1. The van der Waals surface area contributed by atoms with Crippen LogP contribution >= 0.6 is 39.1 Å². The molecule has 7 amide bonds. The number of aromatic nitrogens is 2. The Morgan fingerprint density at radius 2 is 1.67 bits per heavy atom. The summed E-state index contributed by atoms with van der Waals surface area (Å²) in [5.41, 5.74) is 6.69. The van der Waals surface area contributed by atoms with Crippen LogP contribution in [0.2, 0.25) is 10.2 Å². The number of aromatic amines is 1. The highest BCUT2D eigenvalue weighted by atomic mass is 79.9. The van der Waals surface area contributed by atoms with Crippen LogP contribution in [0.25, 0.3) is 10.9 Å². The molecule has 20 heteroatoms. The summed E-state index contributed by atoms with van der Waals surface area (Å²) in [6.07, 6.45) is -0.891. The second-order valence-corrected chi connectivity index (χ2v) is 12.7. The number of aliphatic hydroxyl groups is 1. The predicted octanol–water partition coefficient (Wildman–Crippen LogP) is -1.52. The van der Waals surface area contributed by atoms with E-state index in [1.807, 2.05) is 18.2 Å². The number of primary amides is 1. The highest BCUT2D eigenvalue weighted by Gasteiger charge is 2.32. The Morgan fingerprint density at radius 1 is 1.00 bits per heavy atom. The zero-order chi connectivity index (χ0) is 36.0. The first-order valence-electron chi connectivity index (χ1n) is 14.6. The molecule has 0 saturated carbocycles. The number of amides is 7. The molecule has 0 unspecified atom stereocenters. The number of nitrogens with zero attached hydrogens (tertiary/aromatic N) is 1. The van der Waals surface area contributed by atoms with Crippen molar-refractivity contribution >= 4 is 91.4 Å². The van der Waals surface area contributed by atoms with Gasteiger partial charge in [0.2, 0.25) is 29.5 Å². The minimum Gasteiger partial charge on any atom is -0.381 e. The van der Waals surface area contributed by atoms with Gasteiger partial charge in [0.15, 0.2) is 0 Å². The molecule has 0 aliphatic carbocycles. The maximum atomic E-state index is 13.5. The number of nitrogens with two attached hydrogens (primary N) is 1. The fourth-order valence-corrected chi connectivity index (χ4v) is 5.64. The van der Waals surface area contributed by atoms with Gasteiger partial charge in [-0.25, -0.2) is 0 Å². The smallest absolute Gasteiger partial charge is 0.268 e. The molecule has 3 heterocycles. The van der Waals surface area contributed by atoms with Crippen molar-refractivity contribution in [1.29, 1.82) is 0 Å². The summed E-state index contributed by atoms with van der Waals surface area (Å²) in [6, 6.07) is 2.32. The molecule has 1 aliphatic rings. The van der Waals surface area contributed by atoms with Gasteiger partial charge in [-0.2, -0.15) is 0 Å². The highest BCUT2D eigenvalue weighted by molar-refractivity contribution is 9.10. The normalized spacial score (nSPS) is 20.8. The molecule has 10 N–H and O–H groups in total. The van der Waals surface area contributed by atoms with Crippen LogP contribution < -0.4 is 37.6 Å². The van der Waals surface area contributed by atoms with Crippen LogP contribution in [0.5, 0.6) is 0 Å². The lowest BCUT2D eigenvalue weighted by molar-refractivity contribution is -0.136. The number of hydrogen-bond donors (Lipinski definition) is 9. The van der Waals surface area contributed by atoms with Crippen molar-refractivity contribution in [2.45, 2.75) is 37.1 Å². The van der Waals surface area contributed by atoms with E-state index in [2.05, 4.69) is 52.8 Å². The van der Waals surface area contributed by atoms with Gasteiger partial charge in [-0.3, -0.25) is 33.6 Å². The number of carbonyl (C=O) groups excluding carboxylic acids is 7. The molecule has 1 aromatic carbocycles. The van der Waals surface area contributed by atoms with Crippen molar-refractivity contribution in [3.63, 3.8) is 0 Å². The number of rotatable bonds is 8. The molecule has 3 aromatic rings. The van der Waals surface area contributed by atoms with E-state index >= 15 is 0 Å². The second kappa shape index (κ2) is 16.2. The molecule has 0 radical (unpaired) electrons. The van der Waals surface area contributed by atoms with E-state index < -0.39 is 91.6 Å². The third-order valence-electron chi connectivity index (χ3n) is 7.49. The van der Waals surface area contributed by atoms with Crippen molar-refractivity contribution in [2.24, 2.45) is 12.8 Å². The first-order valence-corrected chi connectivity index (χ1v) is 16.2. The summed E-state index contributed by atoms with van der Waals surface area (Å²) in [4.78, 5) is 93.0. The van der Waals surface area contributed by atoms with E-state index in [-0.39, 0.29) is 22.3 Å². The minimum absolute atomic E-state index is 0.0480. The number of hydrogen-bond acceptors (Lipinski definition) is 8. The average molecular weight is 785 g/mol. The molecule has 1 fully saturated rings. The van der Waals surface area contributed by atoms with E-state index in [1.54, 1.807) is 6.20 Å². The van der Waals surface area contributed by atoms with E-state index in [9.17, 15) is 38.7 Å². The third-order valence-corrected chi connectivity index (χ3v) is 8.82. The lowest BCUT2D eigenvalue weighted by Crippen LogP contribution is -2.61. The van der Waals surface area contributed by atoms with Crippen LogP contribution in [-0.2, 0) is 42.2 Å². The van der Waals surface area contributed by atoms with Gasteiger partial charge in [0, 0.05) is 41.6 Å². The summed E-state index contributed by atoms with van der Waals surface area (Å²) < 4.78 is 2.06. The molecule has 262 valence electrons. The Labute approximate surface area is 296 Å². The molecule has 0 bridgehead atoms. The second-order valence-electron chi connectivity index (χ2n) is 11.0. The molecular weight excluding hydrogens is 753 g/mol. The standard InChI is InChI=1S/C29H32BrCl2N9O8/c1-41-20(6-15(31)24(41)32)28(48)37-11-23(44)38-19-9-35-25(45)17(4-12-8-34-16-3-2-13(30)5-14(12)16)40-29(49)21(42)10-36-26(46)18(7-22(33)43)39-27(19)47/h2-3,5-6,8,17-19,21,34,42H,4,7,9-11H2,1H3,(H2,33,43)(H,35,45)(H,36,46)(H,37,48)(H,38,44)(H,39,47)(H,40,49)/t17-,18-,19+,21+/m1/s1. The number of fused-ring (bicyclic) bond motifs is 1. The van der Waals surface area contributed by atoms with Crippen LogP contribution in [0, 0.1) is 0 Å². The first kappa shape index (κ1) is 37.2. The van der Waals surface area contributed by atoms with Gasteiger partial charge in [0.05, 0.1) is 24.5 Å². The molecule has 49 heavy (non-hydrogen) atoms. The molecule has 1 aliphatic heterocycles. The van der Waals surface area contributed by atoms with Gasteiger partial charge < -0.3 is 52.3 Å². The van der Waals surface area contributed by atoms with Crippen LogP contribution in [0.1, 0.15) is 22.5 Å². The minimum atomic E-state index is -1.81. The quantitative estimate of drug-likeness (QED) is 0.129. The average Bonchev–Trinajstić information content (AvgIpc) is 3.56. The van der Waals surface area contributed by atoms with Crippen LogP contribution in [0.3, 0.4) is 0 Å². The summed E-state index contributed by atoms with van der Waals surface area (Å²) in [7, 11) is 1.48. The Hall–Kier alpha value is -4.65. The fraction of sp³-hybridized carbons (Fsp3) is 0.345. The Kier molecular flexibility index (Phi) is 12.3. The molecule has 2 aromatic heterocycles. The number of halogens is 3. The zero-order valence-corrected chi connectivity index (χ0v) is 28.8. The number of carbonyl (C=O) groups is 7. The summed E-state index contributed by atoms with van der Waals surface area (Å²) >= 11 is 15.4. The Morgan fingerprint density at radius 3 is 2.35 bits per heavy atom. The molecule has 0 spiro atoms. The number of nitrogens with one attached hydrogen (secondary N) is 7. The van der Waals surface area contributed by atoms with Crippen LogP contribution in [0.15, 0.2) is 34.9 Å².